The van der Waals surface area contributed by atoms with E-state index < -0.39 is 0 Å². The zero-order valence-corrected chi connectivity index (χ0v) is 15.3. The molecule has 2 aliphatic heterocycles. The van der Waals surface area contributed by atoms with Crippen LogP contribution in [0.15, 0.2) is 4.52 Å². The predicted molar refractivity (Wildman–Crippen MR) is 91.1 cm³/mol. The third kappa shape index (κ3) is 3.01. The molecule has 2 saturated heterocycles. The number of rotatable bonds is 4. The molecule has 1 aliphatic carbocycles. The average molecular weight is 349 g/mol. The van der Waals surface area contributed by atoms with E-state index in [0.29, 0.717) is 44.0 Å². The Hall–Kier alpha value is -1.67. The van der Waals surface area contributed by atoms with Gasteiger partial charge in [0, 0.05) is 39.1 Å². The van der Waals surface area contributed by atoms with Crippen LogP contribution in [-0.2, 0) is 16.1 Å². The number of morpholine rings is 1. The summed E-state index contributed by atoms with van der Waals surface area (Å²) in [5.74, 6) is 1.52. The molecule has 3 fully saturated rings. The van der Waals surface area contributed by atoms with Crippen LogP contribution in [0.4, 0.5) is 5.95 Å². The highest BCUT2D eigenvalue weighted by atomic mass is 16.5. The van der Waals surface area contributed by atoms with E-state index in [2.05, 4.69) is 22.0 Å². The van der Waals surface area contributed by atoms with Crippen molar-refractivity contribution < 1.29 is 14.1 Å². The van der Waals surface area contributed by atoms with Gasteiger partial charge in [0.25, 0.3) is 5.95 Å². The van der Waals surface area contributed by atoms with E-state index in [-0.39, 0.29) is 11.0 Å². The smallest absolute Gasteiger partial charge is 0.265 e. The molecule has 0 radical (unpaired) electrons. The summed E-state index contributed by atoms with van der Waals surface area (Å²) in [6, 6.07) is 0. The maximum atomic E-state index is 12.8. The zero-order chi connectivity index (χ0) is 17.7. The molecule has 0 N–H and O–H groups in total. The van der Waals surface area contributed by atoms with Gasteiger partial charge in [-0.1, -0.05) is 13.3 Å². The third-order valence-electron chi connectivity index (χ3n) is 5.75. The molecule has 8 nitrogen and oxygen atoms in total. The topological polar surface area (TPSA) is 74.9 Å². The van der Waals surface area contributed by atoms with Gasteiger partial charge in [-0.15, -0.1) is 0 Å². The molecule has 0 atom stereocenters. The van der Waals surface area contributed by atoms with Gasteiger partial charge in [0.15, 0.2) is 0 Å². The molecule has 0 unspecified atom stereocenters. The Morgan fingerprint density at radius 3 is 2.64 bits per heavy atom. The van der Waals surface area contributed by atoms with Crippen LogP contribution < -0.4 is 4.90 Å². The lowest BCUT2D eigenvalue weighted by molar-refractivity contribution is -0.197. The van der Waals surface area contributed by atoms with E-state index in [1.165, 1.54) is 6.42 Å². The summed E-state index contributed by atoms with van der Waals surface area (Å²) in [5, 5.41) is 3.94. The van der Waals surface area contributed by atoms with Gasteiger partial charge < -0.3 is 19.1 Å². The van der Waals surface area contributed by atoms with Crippen molar-refractivity contribution in [1.29, 1.82) is 0 Å². The first kappa shape index (κ1) is 16.8. The zero-order valence-electron chi connectivity index (χ0n) is 15.3. The molecule has 3 heterocycles. The SMILES string of the molecule is CN(C)c1noc(CN2CC3(C2)CN(C(=O)C2(C)CCC2)CCO3)n1. The van der Waals surface area contributed by atoms with Gasteiger partial charge in [-0.25, -0.2) is 0 Å². The summed E-state index contributed by atoms with van der Waals surface area (Å²) in [4.78, 5) is 23.2. The number of nitrogens with zero attached hydrogens (tertiary/aromatic N) is 5. The number of amides is 1. The molecule has 1 aromatic rings. The Kier molecular flexibility index (Phi) is 3.99. The van der Waals surface area contributed by atoms with Crippen molar-refractivity contribution in [2.45, 2.75) is 38.3 Å². The van der Waals surface area contributed by atoms with Crippen molar-refractivity contribution in [3.05, 3.63) is 5.89 Å². The maximum absolute atomic E-state index is 12.8. The van der Waals surface area contributed by atoms with Crippen LogP contribution >= 0.6 is 0 Å². The van der Waals surface area contributed by atoms with Gasteiger partial charge in [0.2, 0.25) is 11.8 Å². The maximum Gasteiger partial charge on any atom is 0.265 e. The number of hydrogen-bond acceptors (Lipinski definition) is 7. The van der Waals surface area contributed by atoms with Gasteiger partial charge in [-0.2, -0.15) is 4.98 Å². The largest absolute Gasteiger partial charge is 0.369 e. The van der Waals surface area contributed by atoms with Crippen LogP contribution in [0.25, 0.3) is 0 Å². The Labute approximate surface area is 148 Å². The third-order valence-corrected chi connectivity index (χ3v) is 5.75. The molecule has 1 aromatic heterocycles. The molecule has 1 saturated carbocycles. The van der Waals surface area contributed by atoms with E-state index >= 15 is 0 Å². The molecular formula is C17H27N5O3. The lowest BCUT2D eigenvalue weighted by atomic mass is 9.69. The minimum Gasteiger partial charge on any atom is -0.369 e. The monoisotopic (exact) mass is 349 g/mol. The van der Waals surface area contributed by atoms with E-state index in [4.69, 9.17) is 9.26 Å². The van der Waals surface area contributed by atoms with E-state index in [9.17, 15) is 4.79 Å². The standard InChI is InChI=1S/C17H27N5O3/c1-16(5-4-6-16)14(23)22-7-8-24-17(12-22)10-21(11-17)9-13-18-15(19-25-13)20(2)3/h4-12H2,1-3H3. The summed E-state index contributed by atoms with van der Waals surface area (Å²) in [6.07, 6.45) is 3.21. The molecule has 0 aromatic carbocycles. The first-order valence-corrected chi connectivity index (χ1v) is 9.05. The molecule has 3 aliphatic rings. The fraction of sp³-hybridized carbons (Fsp3) is 0.824. The van der Waals surface area contributed by atoms with Gasteiger partial charge in [-0.3, -0.25) is 9.69 Å². The minimum absolute atomic E-state index is 0.131. The van der Waals surface area contributed by atoms with Crippen LogP contribution in [0.5, 0.6) is 0 Å². The number of ether oxygens (including phenoxy) is 1. The fourth-order valence-corrected chi connectivity index (χ4v) is 4.08. The predicted octanol–water partition coefficient (Wildman–Crippen LogP) is 0.739. The van der Waals surface area contributed by atoms with Crippen LogP contribution in [-0.4, -0.2) is 78.3 Å². The molecule has 8 heteroatoms. The molecule has 4 rings (SSSR count). The molecule has 138 valence electrons. The van der Waals surface area contributed by atoms with Crippen molar-refractivity contribution in [3.63, 3.8) is 0 Å². The second-order valence-corrected chi connectivity index (χ2v) is 8.20. The van der Waals surface area contributed by atoms with E-state index in [0.717, 1.165) is 25.9 Å². The Balaban J connectivity index is 1.32. The summed E-state index contributed by atoms with van der Waals surface area (Å²) in [7, 11) is 3.77. The van der Waals surface area contributed by atoms with Crippen molar-refractivity contribution >= 4 is 11.9 Å². The first-order chi connectivity index (χ1) is 11.9. The Morgan fingerprint density at radius 1 is 1.28 bits per heavy atom. The van der Waals surface area contributed by atoms with Crippen molar-refractivity contribution in [3.8, 4) is 0 Å². The molecule has 25 heavy (non-hydrogen) atoms. The summed E-state index contributed by atoms with van der Waals surface area (Å²) < 4.78 is 11.3. The van der Waals surface area contributed by atoms with E-state index in [1.54, 1.807) is 0 Å². The van der Waals surface area contributed by atoms with E-state index in [1.807, 2.05) is 23.9 Å². The Morgan fingerprint density at radius 2 is 2.04 bits per heavy atom. The van der Waals surface area contributed by atoms with Crippen molar-refractivity contribution in [2.24, 2.45) is 5.41 Å². The highest BCUT2D eigenvalue weighted by Crippen LogP contribution is 2.43. The highest BCUT2D eigenvalue weighted by Gasteiger charge is 2.51. The fourth-order valence-electron chi connectivity index (χ4n) is 4.08. The van der Waals surface area contributed by atoms with Crippen LogP contribution in [0.2, 0.25) is 0 Å². The normalized spacial score (nSPS) is 24.7. The summed E-state index contributed by atoms with van der Waals surface area (Å²) in [6.45, 7) is 6.36. The van der Waals surface area contributed by atoms with Crippen LogP contribution in [0, 0.1) is 5.41 Å². The summed E-state index contributed by atoms with van der Waals surface area (Å²) in [5.41, 5.74) is -0.354. The highest BCUT2D eigenvalue weighted by molar-refractivity contribution is 5.83. The summed E-state index contributed by atoms with van der Waals surface area (Å²) >= 11 is 0. The lowest BCUT2D eigenvalue weighted by Crippen LogP contribution is -2.71. The van der Waals surface area contributed by atoms with Crippen molar-refractivity contribution in [2.75, 3.05) is 51.8 Å². The number of hydrogen-bond donors (Lipinski definition) is 0. The number of anilines is 1. The van der Waals surface area contributed by atoms with Gasteiger partial charge in [-0.05, 0) is 18.0 Å². The number of likely N-dealkylation sites (tertiary alicyclic amines) is 1. The Bertz CT molecular complexity index is 648. The first-order valence-electron chi connectivity index (χ1n) is 9.05. The van der Waals surface area contributed by atoms with Gasteiger partial charge in [0.1, 0.15) is 5.60 Å². The average Bonchev–Trinajstić information content (AvgIpc) is 2.99. The number of carbonyl (C=O) groups is 1. The van der Waals surface area contributed by atoms with Gasteiger partial charge >= 0.3 is 0 Å². The number of aromatic nitrogens is 2. The molecule has 0 bridgehead atoms. The van der Waals surface area contributed by atoms with Gasteiger partial charge in [0.05, 0.1) is 19.7 Å². The molecule has 1 spiro atoms. The second kappa shape index (κ2) is 5.95. The van der Waals surface area contributed by atoms with Crippen molar-refractivity contribution in [1.82, 2.24) is 19.9 Å². The molecular weight excluding hydrogens is 322 g/mol. The minimum atomic E-state index is -0.224. The second-order valence-electron chi connectivity index (χ2n) is 8.20. The lowest BCUT2D eigenvalue weighted by Gasteiger charge is -2.54. The molecule has 1 amide bonds. The quantitative estimate of drug-likeness (QED) is 0.793. The van der Waals surface area contributed by atoms with Crippen LogP contribution in [0.1, 0.15) is 32.1 Å². The van der Waals surface area contributed by atoms with Crippen LogP contribution in [0.3, 0.4) is 0 Å². The number of carbonyl (C=O) groups excluding carboxylic acids is 1.